The van der Waals surface area contributed by atoms with Crippen molar-refractivity contribution in [1.29, 1.82) is 0 Å². The summed E-state index contributed by atoms with van der Waals surface area (Å²) in [6.45, 7) is 6.83. The number of amides is 4. The first-order chi connectivity index (χ1) is 8.07. The Balaban J connectivity index is 0. The topological polar surface area (TPSA) is 110 Å². The monoisotopic (exact) mass is 265 g/mol. The molecule has 94 valence electrons. The van der Waals surface area contributed by atoms with Crippen LogP contribution >= 0.6 is 0 Å². The molecule has 1 aliphatic rings. The van der Waals surface area contributed by atoms with Crippen LogP contribution in [0.25, 0.3) is 0 Å². The van der Waals surface area contributed by atoms with Crippen LogP contribution < -0.4 is 35.3 Å². The van der Waals surface area contributed by atoms with Gasteiger partial charge < -0.3 is 20.2 Å². The number of nitrogens with two attached hydrogens (primary N) is 1. The average Bonchev–Trinajstić information content (AvgIpc) is 2.33. The van der Waals surface area contributed by atoms with E-state index in [0.29, 0.717) is 4.90 Å². The maximum absolute atomic E-state index is 11.3. The van der Waals surface area contributed by atoms with E-state index in [1.54, 1.807) is 0 Å². The van der Waals surface area contributed by atoms with Crippen LogP contribution in [0, 0.1) is 0 Å². The molecule has 0 aromatic heterocycles. The van der Waals surface area contributed by atoms with Crippen LogP contribution in [0.15, 0.2) is 13.2 Å². The van der Waals surface area contributed by atoms with Crippen LogP contribution in [0.4, 0.5) is 4.79 Å². The summed E-state index contributed by atoms with van der Waals surface area (Å²) in [5.41, 5.74) is 4.87. The number of hydrogen-bond acceptors (Lipinski definition) is 5. The van der Waals surface area contributed by atoms with Gasteiger partial charge in [-0.05, 0) is 0 Å². The predicted octanol–water partition coefficient (Wildman–Crippen LogP) is -4.42. The normalized spacial score (nSPS) is 14.0. The van der Waals surface area contributed by atoms with Gasteiger partial charge in [-0.25, -0.2) is 4.79 Å². The molecule has 0 atom stereocenters. The van der Waals surface area contributed by atoms with E-state index in [-0.39, 0.29) is 49.4 Å². The minimum absolute atomic E-state index is 0. The van der Waals surface area contributed by atoms with Crippen molar-refractivity contribution in [2.75, 3.05) is 19.8 Å². The van der Waals surface area contributed by atoms with Crippen molar-refractivity contribution in [3.05, 3.63) is 13.2 Å². The molecule has 0 radical (unpaired) electrons. The van der Waals surface area contributed by atoms with Gasteiger partial charge in [-0.3, -0.25) is 14.5 Å². The summed E-state index contributed by atoms with van der Waals surface area (Å²) in [6, 6.07) is -0.976. The fourth-order valence-corrected chi connectivity index (χ4v) is 1.11. The van der Waals surface area contributed by atoms with Crippen LogP contribution in [0.1, 0.15) is 0 Å². The fourth-order valence-electron chi connectivity index (χ4n) is 1.11. The number of carbonyl (C=O) groups is 3. The summed E-state index contributed by atoms with van der Waals surface area (Å²) < 4.78 is 4.20. The van der Waals surface area contributed by atoms with Crippen molar-refractivity contribution < 1.29 is 53.5 Å². The second kappa shape index (κ2) is 9.63. The Labute approximate surface area is 126 Å². The van der Waals surface area contributed by atoms with Gasteiger partial charge in [-0.1, -0.05) is 6.47 Å². The predicted molar refractivity (Wildman–Crippen MR) is 55.9 cm³/mol. The van der Waals surface area contributed by atoms with E-state index in [9.17, 15) is 19.2 Å². The largest absolute Gasteiger partial charge is 1.00 e. The van der Waals surface area contributed by atoms with Crippen molar-refractivity contribution in [3.63, 3.8) is 0 Å². The zero-order valence-corrected chi connectivity index (χ0v) is 12.0. The molecule has 9 heteroatoms. The van der Waals surface area contributed by atoms with E-state index in [1.165, 1.54) is 0 Å². The van der Waals surface area contributed by atoms with E-state index in [2.05, 4.69) is 17.9 Å². The number of nitrogens with zero attached hydrogens (tertiary/aromatic N) is 2. The van der Waals surface area contributed by atoms with E-state index in [4.69, 9.17) is 5.73 Å². The first-order valence-corrected chi connectivity index (χ1v) is 4.47. The second-order valence-corrected chi connectivity index (χ2v) is 2.72. The number of ether oxygens (including phenoxy) is 1. The van der Waals surface area contributed by atoms with Gasteiger partial charge in [0.15, 0.2) is 0 Å². The number of hydrogen-bond donors (Lipinski definition) is 1. The number of piperazine rings is 1. The van der Waals surface area contributed by atoms with E-state index < -0.39 is 17.8 Å². The van der Waals surface area contributed by atoms with Crippen LogP contribution in [-0.2, 0) is 19.1 Å². The van der Waals surface area contributed by atoms with Gasteiger partial charge in [-0.15, -0.1) is 13.2 Å². The minimum atomic E-state index is -1.02. The van der Waals surface area contributed by atoms with Gasteiger partial charge in [-0.2, -0.15) is 0 Å². The van der Waals surface area contributed by atoms with Gasteiger partial charge in [0.2, 0.25) is 0 Å². The molecule has 2 N–H and O–H groups in total. The van der Waals surface area contributed by atoms with E-state index >= 15 is 0 Å². The number of carbonyl (C=O) groups excluding carboxylic acids is 4. The SMILES string of the molecule is C=C.NC(=O)N1CCN(CO[C-]=O)C(=O)C1=O.[Na+]. The average molecular weight is 265 g/mol. The molecule has 0 aromatic carbocycles. The zero-order chi connectivity index (χ0) is 13.4. The third-order valence-corrected chi connectivity index (χ3v) is 1.85. The first kappa shape index (κ1) is 19.0. The quantitative estimate of drug-likeness (QED) is 0.240. The van der Waals surface area contributed by atoms with E-state index in [1.807, 2.05) is 0 Å². The van der Waals surface area contributed by atoms with Crippen LogP contribution in [0.2, 0.25) is 0 Å². The van der Waals surface area contributed by atoms with Crippen molar-refractivity contribution in [3.8, 4) is 0 Å². The molecular weight excluding hydrogens is 253 g/mol. The first-order valence-electron chi connectivity index (χ1n) is 4.47. The van der Waals surface area contributed by atoms with Crippen molar-refractivity contribution in [2.45, 2.75) is 0 Å². The summed E-state index contributed by atoms with van der Waals surface area (Å²) in [7, 11) is 0. The molecule has 1 saturated heterocycles. The summed E-state index contributed by atoms with van der Waals surface area (Å²) in [6.07, 6.45) is 0. The van der Waals surface area contributed by atoms with Crippen LogP contribution in [-0.4, -0.2) is 53.9 Å². The summed E-state index contributed by atoms with van der Waals surface area (Å²) >= 11 is 0. The van der Waals surface area contributed by atoms with Crippen molar-refractivity contribution in [1.82, 2.24) is 9.80 Å². The molecule has 0 bridgehead atoms. The molecule has 8 nitrogen and oxygen atoms in total. The third-order valence-electron chi connectivity index (χ3n) is 1.85. The van der Waals surface area contributed by atoms with Gasteiger partial charge in [0.05, 0.1) is 0 Å². The van der Waals surface area contributed by atoms with Crippen LogP contribution in [0.3, 0.4) is 0 Å². The van der Waals surface area contributed by atoms with Crippen molar-refractivity contribution >= 4 is 24.3 Å². The van der Waals surface area contributed by atoms with E-state index in [0.717, 1.165) is 11.4 Å². The Bertz CT molecular complexity index is 336. The maximum Gasteiger partial charge on any atom is 1.00 e. The number of imide groups is 1. The molecule has 1 aliphatic heterocycles. The van der Waals surface area contributed by atoms with Gasteiger partial charge in [0.25, 0.3) is 0 Å². The molecular formula is C9H12N3NaO5. The second-order valence-electron chi connectivity index (χ2n) is 2.72. The number of rotatable bonds is 3. The van der Waals surface area contributed by atoms with Crippen molar-refractivity contribution in [2.24, 2.45) is 5.73 Å². The van der Waals surface area contributed by atoms with Crippen LogP contribution in [0.5, 0.6) is 0 Å². The maximum atomic E-state index is 11.3. The Kier molecular flexibility index (Phi) is 10.1. The van der Waals surface area contributed by atoms with Gasteiger partial charge in [0.1, 0.15) is 6.73 Å². The molecule has 0 unspecified atom stereocenters. The third kappa shape index (κ3) is 4.86. The molecule has 1 heterocycles. The molecule has 0 spiro atoms. The molecule has 0 aromatic rings. The molecule has 1 rings (SSSR count). The van der Waals surface area contributed by atoms with Gasteiger partial charge in [0, 0.05) is 13.1 Å². The Morgan fingerprint density at radius 1 is 1.33 bits per heavy atom. The Hall–Kier alpha value is -1.38. The fraction of sp³-hybridized carbons (Fsp3) is 0.333. The molecule has 4 amide bonds. The standard InChI is InChI=1S/C7H8N3O5.C2H4.Na/c8-7(14)10-2-1-9(3-15-4-11)5(12)6(10)13;1-2;/h1-3H2,(H2,8,14);1-2H2;/q-1;;+1. The van der Waals surface area contributed by atoms with Gasteiger partial charge >= 0.3 is 47.4 Å². The smallest absolute Gasteiger partial charge is 0.639 e. The molecule has 18 heavy (non-hydrogen) atoms. The molecule has 0 saturated carbocycles. The minimum Gasteiger partial charge on any atom is -0.639 e. The zero-order valence-electron chi connectivity index (χ0n) is 10.0. The Morgan fingerprint density at radius 2 is 1.89 bits per heavy atom. The molecule has 1 fully saturated rings. The summed E-state index contributed by atoms with van der Waals surface area (Å²) in [5, 5.41) is 0. The summed E-state index contributed by atoms with van der Waals surface area (Å²) in [5.74, 6) is -1.96. The summed E-state index contributed by atoms with van der Waals surface area (Å²) in [4.78, 5) is 44.5. The number of primary amides is 1. The number of urea groups is 1. The molecule has 0 aliphatic carbocycles. The Morgan fingerprint density at radius 3 is 2.33 bits per heavy atom.